The summed E-state index contributed by atoms with van der Waals surface area (Å²) >= 11 is 0. The molecule has 1 saturated carbocycles. The highest BCUT2D eigenvalue weighted by molar-refractivity contribution is 4.97. The van der Waals surface area contributed by atoms with E-state index in [1.165, 1.54) is 38.8 Å². The van der Waals surface area contributed by atoms with Crippen molar-refractivity contribution in [1.29, 1.82) is 0 Å². The molecule has 3 heteroatoms. The van der Waals surface area contributed by atoms with Gasteiger partial charge in [0.25, 0.3) is 0 Å². The van der Waals surface area contributed by atoms with Crippen LogP contribution in [-0.2, 0) is 0 Å². The summed E-state index contributed by atoms with van der Waals surface area (Å²) in [5.41, 5.74) is 12.1. The number of hydrogen-bond acceptors (Lipinski definition) is 3. The average Bonchev–Trinajstić information content (AvgIpc) is 2.62. The van der Waals surface area contributed by atoms with Crippen molar-refractivity contribution >= 4 is 0 Å². The number of hydrogen-bond donors (Lipinski definition) is 2. The molecule has 2 fully saturated rings. The Kier molecular flexibility index (Phi) is 2.58. The van der Waals surface area contributed by atoms with E-state index in [1.54, 1.807) is 0 Å². The Labute approximate surface area is 80.5 Å². The monoisotopic (exact) mass is 183 g/mol. The van der Waals surface area contributed by atoms with Gasteiger partial charge in [-0.15, -0.1) is 0 Å². The van der Waals surface area contributed by atoms with Crippen molar-refractivity contribution in [2.45, 2.75) is 31.7 Å². The Morgan fingerprint density at radius 2 is 2.23 bits per heavy atom. The predicted octanol–water partition coefficient (Wildman–Crippen LogP) is 0.148. The Balaban J connectivity index is 1.89. The highest BCUT2D eigenvalue weighted by Gasteiger charge is 2.42. The van der Waals surface area contributed by atoms with Crippen LogP contribution in [0, 0.1) is 5.41 Å². The molecule has 13 heavy (non-hydrogen) atoms. The summed E-state index contributed by atoms with van der Waals surface area (Å²) in [5.74, 6) is 0. The maximum absolute atomic E-state index is 5.97. The van der Waals surface area contributed by atoms with Gasteiger partial charge in [0.2, 0.25) is 0 Å². The molecule has 0 radical (unpaired) electrons. The summed E-state index contributed by atoms with van der Waals surface area (Å²) in [5, 5.41) is 0. The van der Waals surface area contributed by atoms with Crippen molar-refractivity contribution in [1.82, 2.24) is 4.90 Å². The van der Waals surface area contributed by atoms with Crippen LogP contribution >= 0.6 is 0 Å². The van der Waals surface area contributed by atoms with Gasteiger partial charge in [0.05, 0.1) is 0 Å². The van der Waals surface area contributed by atoms with E-state index in [2.05, 4.69) is 4.90 Å². The van der Waals surface area contributed by atoms with Crippen LogP contribution in [0.4, 0.5) is 0 Å². The van der Waals surface area contributed by atoms with Crippen molar-refractivity contribution in [2.24, 2.45) is 16.9 Å². The molecule has 4 N–H and O–H groups in total. The van der Waals surface area contributed by atoms with E-state index in [4.69, 9.17) is 11.5 Å². The maximum atomic E-state index is 5.97. The molecule has 2 aliphatic rings. The van der Waals surface area contributed by atoms with Gasteiger partial charge in [0, 0.05) is 25.7 Å². The second-order valence-corrected chi connectivity index (χ2v) is 4.82. The Hall–Kier alpha value is -0.120. The van der Waals surface area contributed by atoms with Crippen molar-refractivity contribution in [3.8, 4) is 0 Å². The van der Waals surface area contributed by atoms with Gasteiger partial charge in [-0.25, -0.2) is 0 Å². The smallest absolute Gasteiger partial charge is 0.0105 e. The fraction of sp³-hybridized carbons (Fsp3) is 1.00. The van der Waals surface area contributed by atoms with E-state index in [-0.39, 0.29) is 0 Å². The second kappa shape index (κ2) is 3.56. The largest absolute Gasteiger partial charge is 0.329 e. The second-order valence-electron chi connectivity index (χ2n) is 4.82. The summed E-state index contributed by atoms with van der Waals surface area (Å²) in [4.78, 5) is 2.50. The van der Waals surface area contributed by atoms with Gasteiger partial charge in [-0.2, -0.15) is 0 Å². The molecule has 2 atom stereocenters. The third-order valence-corrected chi connectivity index (χ3v) is 3.70. The zero-order valence-corrected chi connectivity index (χ0v) is 8.34. The SMILES string of the molecule is NCCN1CC[C@]2(CC[C@H](N)C2)C1. The third kappa shape index (κ3) is 1.87. The summed E-state index contributed by atoms with van der Waals surface area (Å²) in [6.07, 6.45) is 5.17. The first-order valence-corrected chi connectivity index (χ1v) is 5.42. The van der Waals surface area contributed by atoms with Crippen LogP contribution in [0.2, 0.25) is 0 Å². The van der Waals surface area contributed by atoms with Crippen molar-refractivity contribution in [2.75, 3.05) is 26.2 Å². The van der Waals surface area contributed by atoms with Crippen LogP contribution < -0.4 is 11.5 Å². The molecule has 0 bridgehead atoms. The summed E-state index contributed by atoms with van der Waals surface area (Å²) in [7, 11) is 0. The molecule has 1 spiro atoms. The minimum atomic E-state index is 0.470. The normalized spacial score (nSPS) is 40.6. The van der Waals surface area contributed by atoms with E-state index in [1.807, 2.05) is 0 Å². The zero-order chi connectivity index (χ0) is 9.31. The van der Waals surface area contributed by atoms with E-state index in [0.717, 1.165) is 13.1 Å². The lowest BCUT2D eigenvalue weighted by molar-refractivity contribution is 0.263. The highest BCUT2D eigenvalue weighted by atomic mass is 15.2. The molecule has 1 heterocycles. The van der Waals surface area contributed by atoms with Gasteiger partial charge in [-0.1, -0.05) is 0 Å². The van der Waals surface area contributed by atoms with Crippen LogP contribution in [0.3, 0.4) is 0 Å². The fourth-order valence-corrected chi connectivity index (χ4v) is 3.02. The molecule has 0 unspecified atom stereocenters. The lowest BCUT2D eigenvalue weighted by Gasteiger charge is -2.23. The number of rotatable bonds is 2. The minimum Gasteiger partial charge on any atom is -0.329 e. The molecule has 3 nitrogen and oxygen atoms in total. The molecule has 1 saturated heterocycles. The lowest BCUT2D eigenvalue weighted by atomic mass is 9.85. The molecule has 0 amide bonds. The van der Waals surface area contributed by atoms with E-state index in [0.29, 0.717) is 11.5 Å². The molecule has 0 aromatic heterocycles. The molecule has 0 aromatic rings. The Bertz CT molecular complexity index is 183. The van der Waals surface area contributed by atoms with E-state index >= 15 is 0 Å². The molecular formula is C10H21N3. The van der Waals surface area contributed by atoms with Gasteiger partial charge in [0.15, 0.2) is 0 Å². The molecule has 76 valence electrons. The first-order chi connectivity index (χ1) is 6.24. The first kappa shape index (κ1) is 9.44. The first-order valence-electron chi connectivity index (χ1n) is 5.42. The van der Waals surface area contributed by atoms with Crippen molar-refractivity contribution in [3.05, 3.63) is 0 Å². The standard InChI is InChI=1S/C10H21N3/c11-4-6-13-5-3-10(8-13)2-1-9(12)7-10/h9H,1-8,11-12H2/t9-,10-/m0/s1. The van der Waals surface area contributed by atoms with Gasteiger partial charge in [0.1, 0.15) is 0 Å². The zero-order valence-electron chi connectivity index (χ0n) is 8.34. The quantitative estimate of drug-likeness (QED) is 0.640. The molecule has 2 rings (SSSR count). The predicted molar refractivity (Wildman–Crippen MR) is 54.4 cm³/mol. The summed E-state index contributed by atoms with van der Waals surface area (Å²) < 4.78 is 0. The van der Waals surface area contributed by atoms with E-state index in [9.17, 15) is 0 Å². The van der Waals surface area contributed by atoms with Gasteiger partial charge < -0.3 is 16.4 Å². The fourth-order valence-electron chi connectivity index (χ4n) is 3.02. The maximum Gasteiger partial charge on any atom is 0.0105 e. The topological polar surface area (TPSA) is 55.3 Å². The van der Waals surface area contributed by atoms with Crippen LogP contribution in [-0.4, -0.2) is 37.1 Å². The Morgan fingerprint density at radius 1 is 1.38 bits per heavy atom. The molecular weight excluding hydrogens is 162 g/mol. The number of nitrogens with zero attached hydrogens (tertiary/aromatic N) is 1. The van der Waals surface area contributed by atoms with Crippen LogP contribution in [0.15, 0.2) is 0 Å². The van der Waals surface area contributed by atoms with Crippen LogP contribution in [0.25, 0.3) is 0 Å². The molecule has 1 aliphatic heterocycles. The Morgan fingerprint density at radius 3 is 2.85 bits per heavy atom. The lowest BCUT2D eigenvalue weighted by Crippen LogP contribution is -2.30. The van der Waals surface area contributed by atoms with Gasteiger partial charge >= 0.3 is 0 Å². The minimum absolute atomic E-state index is 0.470. The molecule has 1 aliphatic carbocycles. The summed E-state index contributed by atoms with van der Waals surface area (Å²) in [6.45, 7) is 4.35. The van der Waals surface area contributed by atoms with Gasteiger partial charge in [-0.3, -0.25) is 0 Å². The third-order valence-electron chi connectivity index (χ3n) is 3.70. The number of likely N-dealkylation sites (tertiary alicyclic amines) is 1. The van der Waals surface area contributed by atoms with Crippen LogP contribution in [0.1, 0.15) is 25.7 Å². The summed E-state index contributed by atoms with van der Waals surface area (Å²) in [6, 6.07) is 0.470. The number of nitrogens with two attached hydrogens (primary N) is 2. The average molecular weight is 183 g/mol. The molecule has 0 aromatic carbocycles. The van der Waals surface area contributed by atoms with Gasteiger partial charge in [-0.05, 0) is 37.6 Å². The highest BCUT2D eigenvalue weighted by Crippen LogP contribution is 2.44. The van der Waals surface area contributed by atoms with Crippen molar-refractivity contribution < 1.29 is 0 Å². The van der Waals surface area contributed by atoms with Crippen LogP contribution in [0.5, 0.6) is 0 Å². The van der Waals surface area contributed by atoms with E-state index < -0.39 is 0 Å². The van der Waals surface area contributed by atoms with Crippen molar-refractivity contribution in [3.63, 3.8) is 0 Å².